The highest BCUT2D eigenvalue weighted by molar-refractivity contribution is 4.96. The third-order valence-electron chi connectivity index (χ3n) is 3.38. The summed E-state index contributed by atoms with van der Waals surface area (Å²) in [6.45, 7) is 4.72. The van der Waals surface area contributed by atoms with Crippen LogP contribution in [0.25, 0.3) is 0 Å². The van der Waals surface area contributed by atoms with Crippen molar-refractivity contribution in [1.82, 2.24) is 5.32 Å². The van der Waals surface area contributed by atoms with Gasteiger partial charge in [0.2, 0.25) is 0 Å². The second kappa shape index (κ2) is 2.48. The molecule has 0 radical (unpaired) electrons. The summed E-state index contributed by atoms with van der Waals surface area (Å²) in [5.74, 6) is 0.983. The molecule has 2 rings (SSSR count). The Kier molecular flexibility index (Phi) is 1.71. The van der Waals surface area contributed by atoms with Crippen molar-refractivity contribution in [1.29, 1.82) is 0 Å². The van der Waals surface area contributed by atoms with Crippen LogP contribution < -0.4 is 5.32 Å². The molecule has 0 aromatic carbocycles. The number of hydrogen-bond acceptors (Lipinski definition) is 1. The van der Waals surface area contributed by atoms with Gasteiger partial charge in [0.15, 0.2) is 0 Å². The molecule has 0 aliphatic heterocycles. The second-order valence-electron chi connectivity index (χ2n) is 4.83. The molecular formula is C10H19N. The van der Waals surface area contributed by atoms with Crippen molar-refractivity contribution in [2.75, 3.05) is 0 Å². The molecule has 2 saturated carbocycles. The van der Waals surface area contributed by atoms with Crippen molar-refractivity contribution in [3.63, 3.8) is 0 Å². The average molecular weight is 153 g/mol. The Morgan fingerprint density at radius 2 is 1.91 bits per heavy atom. The van der Waals surface area contributed by atoms with Gasteiger partial charge in [0.25, 0.3) is 0 Å². The minimum absolute atomic E-state index is 0.533. The highest BCUT2D eigenvalue weighted by Crippen LogP contribution is 2.35. The molecule has 64 valence electrons. The molecule has 2 fully saturated rings. The van der Waals surface area contributed by atoms with Crippen LogP contribution in [-0.2, 0) is 0 Å². The molecule has 0 aromatic rings. The Hall–Kier alpha value is -0.0400. The quantitative estimate of drug-likeness (QED) is 0.642. The van der Waals surface area contributed by atoms with Crippen molar-refractivity contribution in [2.24, 2.45) is 5.92 Å². The lowest BCUT2D eigenvalue weighted by Gasteiger charge is -2.46. The molecule has 2 aliphatic carbocycles. The fourth-order valence-corrected chi connectivity index (χ4v) is 2.36. The smallest absolute Gasteiger partial charge is 0.0156 e. The Labute approximate surface area is 69.6 Å². The van der Waals surface area contributed by atoms with Crippen molar-refractivity contribution < 1.29 is 0 Å². The van der Waals surface area contributed by atoms with Crippen LogP contribution in [0.2, 0.25) is 0 Å². The maximum absolute atomic E-state index is 3.76. The molecule has 0 saturated heterocycles. The van der Waals surface area contributed by atoms with E-state index in [4.69, 9.17) is 0 Å². The first-order valence-corrected chi connectivity index (χ1v) is 4.96. The predicted octanol–water partition coefficient (Wildman–Crippen LogP) is 2.32. The van der Waals surface area contributed by atoms with Crippen LogP contribution in [0.15, 0.2) is 0 Å². The van der Waals surface area contributed by atoms with Crippen molar-refractivity contribution in [3.8, 4) is 0 Å². The van der Waals surface area contributed by atoms with E-state index in [1.807, 2.05) is 0 Å². The molecule has 0 amide bonds. The Morgan fingerprint density at radius 1 is 1.27 bits per heavy atom. The van der Waals surface area contributed by atoms with Crippen molar-refractivity contribution >= 4 is 0 Å². The number of rotatable bonds is 2. The Morgan fingerprint density at radius 3 is 2.27 bits per heavy atom. The van der Waals surface area contributed by atoms with E-state index in [-0.39, 0.29) is 0 Å². The third kappa shape index (κ3) is 1.44. The molecule has 0 heterocycles. The SMILES string of the molecule is CC1CC(NC2(C)CCC2)C1. The van der Waals surface area contributed by atoms with Gasteiger partial charge in [-0.25, -0.2) is 0 Å². The summed E-state index contributed by atoms with van der Waals surface area (Å²) >= 11 is 0. The molecule has 2 aliphatic rings. The van der Waals surface area contributed by atoms with E-state index in [1.54, 1.807) is 0 Å². The molecule has 0 spiro atoms. The monoisotopic (exact) mass is 153 g/mol. The summed E-state index contributed by atoms with van der Waals surface area (Å²) in [5, 5.41) is 3.76. The van der Waals surface area contributed by atoms with E-state index in [0.717, 1.165) is 12.0 Å². The van der Waals surface area contributed by atoms with Gasteiger partial charge in [-0.15, -0.1) is 0 Å². The lowest BCUT2D eigenvalue weighted by atomic mass is 9.74. The highest BCUT2D eigenvalue weighted by atomic mass is 15.0. The lowest BCUT2D eigenvalue weighted by Crippen LogP contribution is -2.56. The van der Waals surface area contributed by atoms with Crippen LogP contribution in [0.3, 0.4) is 0 Å². The molecule has 0 atom stereocenters. The lowest BCUT2D eigenvalue weighted by molar-refractivity contribution is 0.126. The van der Waals surface area contributed by atoms with Crippen molar-refractivity contribution in [2.45, 2.75) is 57.5 Å². The molecule has 0 bridgehead atoms. The van der Waals surface area contributed by atoms with Gasteiger partial charge in [-0.2, -0.15) is 0 Å². The summed E-state index contributed by atoms with van der Waals surface area (Å²) in [7, 11) is 0. The minimum Gasteiger partial charge on any atom is -0.309 e. The summed E-state index contributed by atoms with van der Waals surface area (Å²) in [5.41, 5.74) is 0.533. The van der Waals surface area contributed by atoms with E-state index in [9.17, 15) is 0 Å². The molecule has 0 aromatic heterocycles. The van der Waals surface area contributed by atoms with Gasteiger partial charge in [-0.05, 0) is 44.9 Å². The van der Waals surface area contributed by atoms with Crippen molar-refractivity contribution in [3.05, 3.63) is 0 Å². The summed E-state index contributed by atoms with van der Waals surface area (Å²) in [6.07, 6.45) is 7.06. The number of hydrogen-bond donors (Lipinski definition) is 1. The Bertz CT molecular complexity index is 143. The summed E-state index contributed by atoms with van der Waals surface area (Å²) < 4.78 is 0. The molecule has 1 nitrogen and oxygen atoms in total. The zero-order chi connectivity index (χ0) is 7.90. The molecular weight excluding hydrogens is 134 g/mol. The topological polar surface area (TPSA) is 12.0 Å². The third-order valence-corrected chi connectivity index (χ3v) is 3.38. The van der Waals surface area contributed by atoms with Gasteiger partial charge in [-0.3, -0.25) is 0 Å². The van der Waals surface area contributed by atoms with Crippen LogP contribution in [0.4, 0.5) is 0 Å². The first kappa shape index (κ1) is 7.60. The first-order valence-electron chi connectivity index (χ1n) is 4.96. The van der Waals surface area contributed by atoms with E-state index in [1.165, 1.54) is 32.1 Å². The van der Waals surface area contributed by atoms with E-state index in [2.05, 4.69) is 19.2 Å². The predicted molar refractivity (Wildman–Crippen MR) is 47.6 cm³/mol. The van der Waals surface area contributed by atoms with Gasteiger partial charge in [0, 0.05) is 11.6 Å². The Balaban J connectivity index is 1.73. The minimum atomic E-state index is 0.533. The number of nitrogens with one attached hydrogen (secondary N) is 1. The maximum Gasteiger partial charge on any atom is 0.0156 e. The van der Waals surface area contributed by atoms with Crippen LogP contribution in [-0.4, -0.2) is 11.6 Å². The van der Waals surface area contributed by atoms with Gasteiger partial charge < -0.3 is 5.32 Å². The highest BCUT2D eigenvalue weighted by Gasteiger charge is 2.36. The van der Waals surface area contributed by atoms with Crippen LogP contribution in [0, 0.1) is 5.92 Å². The molecule has 0 unspecified atom stereocenters. The van der Waals surface area contributed by atoms with Crippen LogP contribution in [0.5, 0.6) is 0 Å². The van der Waals surface area contributed by atoms with E-state index >= 15 is 0 Å². The largest absolute Gasteiger partial charge is 0.309 e. The zero-order valence-corrected chi connectivity index (χ0v) is 7.69. The van der Waals surface area contributed by atoms with E-state index < -0.39 is 0 Å². The second-order valence-corrected chi connectivity index (χ2v) is 4.83. The van der Waals surface area contributed by atoms with Crippen LogP contribution >= 0.6 is 0 Å². The van der Waals surface area contributed by atoms with E-state index in [0.29, 0.717) is 5.54 Å². The van der Waals surface area contributed by atoms with Gasteiger partial charge >= 0.3 is 0 Å². The van der Waals surface area contributed by atoms with Gasteiger partial charge in [-0.1, -0.05) is 6.92 Å². The van der Waals surface area contributed by atoms with Gasteiger partial charge in [0.05, 0.1) is 0 Å². The molecule has 1 heteroatoms. The fourth-order valence-electron chi connectivity index (χ4n) is 2.36. The molecule has 11 heavy (non-hydrogen) atoms. The summed E-state index contributed by atoms with van der Waals surface area (Å²) in [6, 6.07) is 0.857. The van der Waals surface area contributed by atoms with Crippen LogP contribution in [0.1, 0.15) is 46.0 Å². The summed E-state index contributed by atoms with van der Waals surface area (Å²) in [4.78, 5) is 0. The first-order chi connectivity index (χ1) is 5.18. The standard InChI is InChI=1S/C10H19N/c1-8-6-9(7-8)11-10(2)4-3-5-10/h8-9,11H,3-7H2,1-2H3. The average Bonchev–Trinajstić information content (AvgIpc) is 1.81. The molecule has 1 N–H and O–H groups in total. The zero-order valence-electron chi connectivity index (χ0n) is 7.69. The normalized spacial score (nSPS) is 40.9. The maximum atomic E-state index is 3.76. The van der Waals surface area contributed by atoms with Gasteiger partial charge in [0.1, 0.15) is 0 Å². The fraction of sp³-hybridized carbons (Fsp3) is 1.00.